The van der Waals surface area contributed by atoms with Crippen molar-refractivity contribution in [1.82, 2.24) is 16.0 Å². The topological polar surface area (TPSA) is 83.7 Å². The van der Waals surface area contributed by atoms with Gasteiger partial charge in [-0.3, -0.25) is 0 Å². The highest BCUT2D eigenvalue weighted by Gasteiger charge is 2.25. The molecule has 2 atom stereocenters. The maximum Gasteiger partial charge on any atom is 0.169 e. The van der Waals surface area contributed by atoms with E-state index in [-0.39, 0.29) is 23.5 Å². The molecule has 1 aromatic carbocycles. The van der Waals surface area contributed by atoms with Crippen molar-refractivity contribution in [2.75, 3.05) is 13.6 Å². The monoisotopic (exact) mass is 327 g/mol. The van der Waals surface area contributed by atoms with E-state index in [1.807, 2.05) is 12.1 Å². The van der Waals surface area contributed by atoms with Gasteiger partial charge in [0, 0.05) is 19.1 Å². The number of nitrogens with one attached hydrogen (secondary N) is 3. The Hall–Kier alpha value is -2.57. The molecular formula is C18H22FN5. The molecule has 0 amide bonds. The summed E-state index contributed by atoms with van der Waals surface area (Å²) in [6.45, 7) is 0.953. The Morgan fingerprint density at radius 1 is 1.29 bits per heavy atom. The van der Waals surface area contributed by atoms with Crippen LogP contribution in [0.4, 0.5) is 4.39 Å². The van der Waals surface area contributed by atoms with Crippen LogP contribution in [0.5, 0.6) is 0 Å². The Labute approximate surface area is 142 Å². The van der Waals surface area contributed by atoms with Crippen molar-refractivity contribution in [3.05, 3.63) is 47.0 Å². The van der Waals surface area contributed by atoms with Crippen LogP contribution < -0.4 is 16.0 Å². The first-order valence-corrected chi connectivity index (χ1v) is 8.14. The molecule has 0 aromatic heterocycles. The first-order chi connectivity index (χ1) is 11.7. The summed E-state index contributed by atoms with van der Waals surface area (Å²) >= 11 is 0. The van der Waals surface area contributed by atoms with Crippen LogP contribution in [-0.4, -0.2) is 25.7 Å². The zero-order chi connectivity index (χ0) is 17.4. The number of halogens is 1. The summed E-state index contributed by atoms with van der Waals surface area (Å²) in [6.07, 6.45) is 3.98. The fourth-order valence-electron chi connectivity index (χ4n) is 2.98. The minimum atomic E-state index is -0.258. The lowest BCUT2D eigenvalue weighted by atomic mass is 9.93. The second kappa shape index (κ2) is 8.90. The molecule has 24 heavy (non-hydrogen) atoms. The number of hydrogen-bond acceptors (Lipinski definition) is 5. The number of nitriles is 2. The van der Waals surface area contributed by atoms with Crippen LogP contribution in [0.25, 0.3) is 0 Å². The molecule has 0 saturated carbocycles. The molecule has 1 saturated heterocycles. The molecule has 2 unspecified atom stereocenters. The summed E-state index contributed by atoms with van der Waals surface area (Å²) in [5.41, 5.74) is 1.03. The van der Waals surface area contributed by atoms with Crippen molar-refractivity contribution in [3.63, 3.8) is 0 Å². The van der Waals surface area contributed by atoms with Gasteiger partial charge in [-0.25, -0.2) is 4.39 Å². The standard InChI is InChI=1S/C18H22FN5/c1-22-18(14(11-20)12-21)24-17(16-4-2-3-9-23-16)10-13-5-7-15(19)8-6-13/h5-8,16-17,22-24H,2-4,9-10H2,1H3. The highest BCUT2D eigenvalue weighted by Crippen LogP contribution is 2.16. The van der Waals surface area contributed by atoms with Crippen LogP contribution >= 0.6 is 0 Å². The third-order valence-corrected chi connectivity index (χ3v) is 4.26. The molecule has 126 valence electrons. The van der Waals surface area contributed by atoms with Crippen LogP contribution in [0.3, 0.4) is 0 Å². The zero-order valence-corrected chi connectivity index (χ0v) is 13.8. The quantitative estimate of drug-likeness (QED) is 0.696. The molecule has 0 bridgehead atoms. The average molecular weight is 327 g/mol. The molecular weight excluding hydrogens is 305 g/mol. The number of benzene rings is 1. The second-order valence-corrected chi connectivity index (χ2v) is 5.86. The summed E-state index contributed by atoms with van der Waals surface area (Å²) < 4.78 is 13.1. The number of hydrogen-bond donors (Lipinski definition) is 3. The number of nitrogens with zero attached hydrogens (tertiary/aromatic N) is 2. The lowest BCUT2D eigenvalue weighted by molar-refractivity contribution is 0.318. The fourth-order valence-corrected chi connectivity index (χ4v) is 2.98. The summed E-state index contributed by atoms with van der Waals surface area (Å²) in [7, 11) is 1.68. The van der Waals surface area contributed by atoms with E-state index in [4.69, 9.17) is 10.5 Å². The predicted octanol–water partition coefficient (Wildman–Crippen LogP) is 1.95. The molecule has 5 nitrogen and oxygen atoms in total. The van der Waals surface area contributed by atoms with Gasteiger partial charge < -0.3 is 16.0 Å². The highest BCUT2D eigenvalue weighted by molar-refractivity contribution is 5.39. The van der Waals surface area contributed by atoms with Crippen molar-refractivity contribution in [2.45, 2.75) is 37.8 Å². The van der Waals surface area contributed by atoms with Crippen molar-refractivity contribution in [1.29, 1.82) is 10.5 Å². The molecule has 1 fully saturated rings. The van der Waals surface area contributed by atoms with Gasteiger partial charge in [0.2, 0.25) is 0 Å². The van der Waals surface area contributed by atoms with Gasteiger partial charge in [0.15, 0.2) is 5.57 Å². The van der Waals surface area contributed by atoms with Crippen molar-refractivity contribution >= 4 is 0 Å². The normalized spacial score (nSPS) is 17.9. The van der Waals surface area contributed by atoms with E-state index >= 15 is 0 Å². The van der Waals surface area contributed by atoms with Crippen LogP contribution in [0.2, 0.25) is 0 Å². The van der Waals surface area contributed by atoms with E-state index in [9.17, 15) is 4.39 Å². The van der Waals surface area contributed by atoms with Crippen molar-refractivity contribution in [3.8, 4) is 12.1 Å². The molecule has 1 heterocycles. The van der Waals surface area contributed by atoms with Crippen LogP contribution in [-0.2, 0) is 6.42 Å². The molecule has 2 rings (SSSR count). The van der Waals surface area contributed by atoms with E-state index < -0.39 is 0 Å². The predicted molar refractivity (Wildman–Crippen MR) is 90.0 cm³/mol. The Bertz CT molecular complexity index is 631. The molecule has 1 aromatic rings. The molecule has 0 aliphatic carbocycles. The smallest absolute Gasteiger partial charge is 0.169 e. The fraction of sp³-hybridized carbons (Fsp3) is 0.444. The lowest BCUT2D eigenvalue weighted by Gasteiger charge is -2.33. The van der Waals surface area contributed by atoms with E-state index in [0.29, 0.717) is 12.2 Å². The summed E-state index contributed by atoms with van der Waals surface area (Å²) in [5.74, 6) is 0.172. The molecule has 6 heteroatoms. The van der Waals surface area contributed by atoms with E-state index in [2.05, 4.69) is 16.0 Å². The third kappa shape index (κ3) is 4.71. The average Bonchev–Trinajstić information content (AvgIpc) is 2.63. The number of rotatable bonds is 6. The Morgan fingerprint density at radius 3 is 2.54 bits per heavy atom. The van der Waals surface area contributed by atoms with Gasteiger partial charge in [-0.15, -0.1) is 0 Å². The highest BCUT2D eigenvalue weighted by atomic mass is 19.1. The van der Waals surface area contributed by atoms with Gasteiger partial charge in [-0.05, 0) is 43.5 Å². The minimum absolute atomic E-state index is 0.00471. The Kier molecular flexibility index (Phi) is 6.60. The molecule has 0 radical (unpaired) electrons. The van der Waals surface area contributed by atoms with Gasteiger partial charge in [0.25, 0.3) is 0 Å². The van der Waals surface area contributed by atoms with E-state index in [1.165, 1.54) is 12.1 Å². The van der Waals surface area contributed by atoms with Crippen LogP contribution in [0.1, 0.15) is 24.8 Å². The van der Waals surface area contributed by atoms with Crippen LogP contribution in [0, 0.1) is 28.5 Å². The largest absolute Gasteiger partial charge is 0.373 e. The summed E-state index contributed by atoms with van der Waals surface area (Å²) in [5, 5.41) is 27.9. The molecule has 1 aliphatic rings. The maximum absolute atomic E-state index is 13.1. The molecule has 0 spiro atoms. The zero-order valence-electron chi connectivity index (χ0n) is 13.8. The SMILES string of the molecule is CNC(NC(Cc1ccc(F)cc1)C1CCCCN1)=C(C#N)C#N. The minimum Gasteiger partial charge on any atom is -0.373 e. The summed E-state index contributed by atoms with van der Waals surface area (Å²) in [6, 6.07) is 10.5. The second-order valence-electron chi connectivity index (χ2n) is 5.86. The summed E-state index contributed by atoms with van der Waals surface area (Å²) in [4.78, 5) is 0. The third-order valence-electron chi connectivity index (χ3n) is 4.26. The lowest BCUT2D eigenvalue weighted by Crippen LogP contribution is -2.52. The van der Waals surface area contributed by atoms with Gasteiger partial charge in [0.05, 0.1) is 0 Å². The van der Waals surface area contributed by atoms with Gasteiger partial charge in [-0.1, -0.05) is 18.6 Å². The Morgan fingerprint density at radius 2 is 2.00 bits per heavy atom. The van der Waals surface area contributed by atoms with Crippen LogP contribution in [0.15, 0.2) is 35.7 Å². The first-order valence-electron chi connectivity index (χ1n) is 8.14. The number of piperidine rings is 1. The Balaban J connectivity index is 2.22. The molecule has 3 N–H and O–H groups in total. The molecule has 1 aliphatic heterocycles. The van der Waals surface area contributed by atoms with Gasteiger partial charge in [0.1, 0.15) is 23.8 Å². The maximum atomic E-state index is 13.1. The van der Waals surface area contributed by atoms with E-state index in [1.54, 1.807) is 19.2 Å². The number of allylic oxidation sites excluding steroid dienone is 1. The first kappa shape index (κ1) is 17.8. The van der Waals surface area contributed by atoms with Gasteiger partial charge >= 0.3 is 0 Å². The van der Waals surface area contributed by atoms with Crippen molar-refractivity contribution in [2.24, 2.45) is 0 Å². The van der Waals surface area contributed by atoms with Gasteiger partial charge in [-0.2, -0.15) is 10.5 Å². The van der Waals surface area contributed by atoms with E-state index in [0.717, 1.165) is 31.4 Å². The van der Waals surface area contributed by atoms with Crippen molar-refractivity contribution < 1.29 is 4.39 Å².